The first kappa shape index (κ1) is 15.2. The van der Waals surface area contributed by atoms with Gasteiger partial charge in [-0.15, -0.1) is 0 Å². The van der Waals surface area contributed by atoms with Crippen molar-refractivity contribution >= 4 is 5.69 Å². The molecule has 0 saturated heterocycles. The normalized spacial score (nSPS) is 22.8. The van der Waals surface area contributed by atoms with E-state index >= 15 is 0 Å². The molecule has 3 heteroatoms. The van der Waals surface area contributed by atoms with Crippen LogP contribution in [0.4, 0.5) is 5.69 Å². The zero-order valence-corrected chi connectivity index (χ0v) is 12.8. The Balaban J connectivity index is 2.03. The van der Waals surface area contributed by atoms with Crippen molar-refractivity contribution in [3.63, 3.8) is 0 Å². The van der Waals surface area contributed by atoms with Crippen molar-refractivity contribution in [2.75, 3.05) is 18.5 Å². The van der Waals surface area contributed by atoms with Gasteiger partial charge in [0.1, 0.15) is 5.75 Å². The van der Waals surface area contributed by atoms with Crippen LogP contribution in [0.15, 0.2) is 24.3 Å². The van der Waals surface area contributed by atoms with Gasteiger partial charge in [0, 0.05) is 6.04 Å². The largest absolute Gasteiger partial charge is 0.491 e. The summed E-state index contributed by atoms with van der Waals surface area (Å²) < 4.78 is 5.92. The summed E-state index contributed by atoms with van der Waals surface area (Å²) in [6.45, 7) is 5.86. The lowest BCUT2D eigenvalue weighted by Gasteiger charge is -2.32. The van der Waals surface area contributed by atoms with Gasteiger partial charge >= 0.3 is 0 Å². The molecule has 2 rings (SSSR count). The molecule has 0 aliphatic heterocycles. The van der Waals surface area contributed by atoms with E-state index in [1.807, 2.05) is 12.1 Å². The highest BCUT2D eigenvalue weighted by atomic mass is 16.5. The lowest BCUT2D eigenvalue weighted by atomic mass is 9.84. The van der Waals surface area contributed by atoms with Crippen molar-refractivity contribution in [1.29, 1.82) is 0 Å². The van der Waals surface area contributed by atoms with E-state index < -0.39 is 0 Å². The van der Waals surface area contributed by atoms with Crippen LogP contribution in [0.5, 0.6) is 5.75 Å². The van der Waals surface area contributed by atoms with E-state index in [1.165, 1.54) is 25.7 Å². The number of anilines is 1. The minimum atomic E-state index is 0.484. The van der Waals surface area contributed by atoms with Crippen LogP contribution in [0, 0.1) is 11.8 Å². The number of ether oxygens (including phenoxy) is 1. The molecule has 0 radical (unpaired) electrons. The molecule has 2 atom stereocenters. The monoisotopic (exact) mass is 276 g/mol. The summed E-state index contributed by atoms with van der Waals surface area (Å²) in [5.74, 6) is 2.08. The standard InChI is InChI=1S/C17H28N2O/c1-13(2)12-20-17-10-6-5-9-16(17)19-15-8-4-3-7-14(15)11-18/h5-6,9-10,13-15,19H,3-4,7-8,11-12,18H2,1-2H3. The number of hydrogen-bond acceptors (Lipinski definition) is 3. The van der Waals surface area contributed by atoms with Gasteiger partial charge in [0.25, 0.3) is 0 Å². The first-order valence-electron chi connectivity index (χ1n) is 7.89. The highest BCUT2D eigenvalue weighted by molar-refractivity contribution is 5.56. The third-order valence-electron chi connectivity index (χ3n) is 4.01. The average molecular weight is 276 g/mol. The van der Waals surface area contributed by atoms with Crippen LogP contribution in [0.2, 0.25) is 0 Å². The molecular formula is C17H28N2O. The predicted octanol–water partition coefficient (Wildman–Crippen LogP) is 3.65. The number of hydrogen-bond donors (Lipinski definition) is 2. The van der Waals surface area contributed by atoms with Crippen molar-refractivity contribution in [2.45, 2.75) is 45.6 Å². The second kappa shape index (κ2) is 7.53. The fourth-order valence-electron chi connectivity index (χ4n) is 2.85. The van der Waals surface area contributed by atoms with Crippen molar-refractivity contribution in [2.24, 2.45) is 17.6 Å². The summed E-state index contributed by atoms with van der Waals surface area (Å²) in [6.07, 6.45) is 5.05. The Labute approximate surface area is 122 Å². The van der Waals surface area contributed by atoms with Crippen LogP contribution in [-0.4, -0.2) is 19.2 Å². The fraction of sp³-hybridized carbons (Fsp3) is 0.647. The Hall–Kier alpha value is -1.22. The Morgan fingerprint density at radius 3 is 2.75 bits per heavy atom. The average Bonchev–Trinajstić information content (AvgIpc) is 2.47. The second-order valence-corrected chi connectivity index (χ2v) is 6.23. The third kappa shape index (κ3) is 4.14. The summed E-state index contributed by atoms with van der Waals surface area (Å²) in [7, 11) is 0. The number of nitrogens with one attached hydrogen (secondary N) is 1. The highest BCUT2D eigenvalue weighted by Gasteiger charge is 2.24. The molecule has 0 bridgehead atoms. The number of benzene rings is 1. The Bertz CT molecular complexity index is 406. The SMILES string of the molecule is CC(C)COc1ccccc1NC1CCCCC1CN. The zero-order chi connectivity index (χ0) is 14.4. The molecule has 2 unspecified atom stereocenters. The molecule has 112 valence electrons. The second-order valence-electron chi connectivity index (χ2n) is 6.23. The Morgan fingerprint density at radius 2 is 2.00 bits per heavy atom. The van der Waals surface area contributed by atoms with Gasteiger partial charge in [0.2, 0.25) is 0 Å². The van der Waals surface area contributed by atoms with Crippen LogP contribution in [0.3, 0.4) is 0 Å². The topological polar surface area (TPSA) is 47.3 Å². The first-order valence-corrected chi connectivity index (χ1v) is 7.89. The van der Waals surface area contributed by atoms with Crippen LogP contribution >= 0.6 is 0 Å². The quantitative estimate of drug-likeness (QED) is 0.833. The van der Waals surface area contributed by atoms with Crippen LogP contribution in [0.25, 0.3) is 0 Å². The molecule has 1 aliphatic rings. The van der Waals surface area contributed by atoms with E-state index in [-0.39, 0.29) is 0 Å². The molecule has 3 N–H and O–H groups in total. The minimum Gasteiger partial charge on any atom is -0.491 e. The van der Waals surface area contributed by atoms with Gasteiger partial charge in [-0.25, -0.2) is 0 Å². The lowest BCUT2D eigenvalue weighted by molar-refractivity contribution is 0.271. The summed E-state index contributed by atoms with van der Waals surface area (Å²) in [5, 5.41) is 3.67. The molecule has 20 heavy (non-hydrogen) atoms. The van der Waals surface area contributed by atoms with Crippen LogP contribution < -0.4 is 15.8 Å². The van der Waals surface area contributed by atoms with E-state index in [2.05, 4.69) is 31.3 Å². The summed E-state index contributed by atoms with van der Waals surface area (Å²) in [6, 6.07) is 8.73. The molecule has 1 aromatic carbocycles. The van der Waals surface area contributed by atoms with Crippen molar-refractivity contribution < 1.29 is 4.74 Å². The molecule has 0 heterocycles. The third-order valence-corrected chi connectivity index (χ3v) is 4.01. The van der Waals surface area contributed by atoms with Gasteiger partial charge in [0.15, 0.2) is 0 Å². The molecule has 1 aromatic rings. The van der Waals surface area contributed by atoms with Crippen molar-refractivity contribution in [3.05, 3.63) is 24.3 Å². The first-order chi connectivity index (χ1) is 9.70. The van der Waals surface area contributed by atoms with Gasteiger partial charge in [-0.1, -0.05) is 38.8 Å². The number of para-hydroxylation sites is 2. The molecule has 1 saturated carbocycles. The number of nitrogens with two attached hydrogens (primary N) is 1. The maximum absolute atomic E-state index is 5.92. The Kier molecular flexibility index (Phi) is 5.72. The van der Waals surface area contributed by atoms with Gasteiger partial charge in [-0.2, -0.15) is 0 Å². The highest BCUT2D eigenvalue weighted by Crippen LogP contribution is 2.31. The van der Waals surface area contributed by atoms with E-state index in [1.54, 1.807) is 0 Å². The Morgan fingerprint density at radius 1 is 1.25 bits per heavy atom. The van der Waals surface area contributed by atoms with Crippen molar-refractivity contribution in [1.82, 2.24) is 0 Å². The smallest absolute Gasteiger partial charge is 0.142 e. The molecular weight excluding hydrogens is 248 g/mol. The molecule has 1 fully saturated rings. The molecule has 3 nitrogen and oxygen atoms in total. The van der Waals surface area contributed by atoms with E-state index in [0.717, 1.165) is 24.6 Å². The van der Waals surface area contributed by atoms with Crippen molar-refractivity contribution in [3.8, 4) is 5.75 Å². The predicted molar refractivity (Wildman–Crippen MR) is 85.2 cm³/mol. The molecule has 0 amide bonds. The van der Waals surface area contributed by atoms with E-state index in [4.69, 9.17) is 10.5 Å². The maximum atomic E-state index is 5.92. The van der Waals surface area contributed by atoms with Crippen LogP contribution in [0.1, 0.15) is 39.5 Å². The summed E-state index contributed by atoms with van der Waals surface area (Å²) >= 11 is 0. The van der Waals surface area contributed by atoms with E-state index in [0.29, 0.717) is 17.9 Å². The summed E-state index contributed by atoms with van der Waals surface area (Å²) in [5.41, 5.74) is 7.02. The van der Waals surface area contributed by atoms with Gasteiger partial charge in [-0.05, 0) is 43.4 Å². The molecule has 0 aromatic heterocycles. The van der Waals surface area contributed by atoms with Gasteiger partial charge < -0.3 is 15.8 Å². The van der Waals surface area contributed by atoms with Gasteiger partial charge in [0.05, 0.1) is 12.3 Å². The lowest BCUT2D eigenvalue weighted by Crippen LogP contribution is -2.36. The fourth-order valence-corrected chi connectivity index (χ4v) is 2.85. The summed E-state index contributed by atoms with van der Waals surface area (Å²) in [4.78, 5) is 0. The molecule has 1 aliphatic carbocycles. The number of rotatable bonds is 6. The molecule has 0 spiro atoms. The van der Waals surface area contributed by atoms with E-state index in [9.17, 15) is 0 Å². The van der Waals surface area contributed by atoms with Crippen LogP contribution in [-0.2, 0) is 0 Å². The zero-order valence-electron chi connectivity index (χ0n) is 12.8. The van der Waals surface area contributed by atoms with Gasteiger partial charge in [-0.3, -0.25) is 0 Å². The minimum absolute atomic E-state index is 0.484. The maximum Gasteiger partial charge on any atom is 0.142 e.